The first-order valence-electron chi connectivity index (χ1n) is 4.52. The number of hydrogen-bond donors (Lipinski definition) is 2. The highest BCUT2D eigenvalue weighted by Gasteiger charge is 2.54. The molecule has 0 saturated heterocycles. The van der Waals surface area contributed by atoms with Crippen LogP contribution in [-0.2, 0) is 6.42 Å². The zero-order valence-corrected chi connectivity index (χ0v) is 8.26. The van der Waals surface area contributed by atoms with Crippen LogP contribution in [0.2, 0.25) is 0 Å². The molecule has 1 atom stereocenters. The van der Waals surface area contributed by atoms with Crippen molar-refractivity contribution in [1.29, 1.82) is 0 Å². The molecule has 0 spiro atoms. The Morgan fingerprint density at radius 2 is 1.81 bits per heavy atom. The third kappa shape index (κ3) is 2.63. The van der Waals surface area contributed by atoms with Crippen molar-refractivity contribution in [2.45, 2.75) is 18.3 Å². The third-order valence-electron chi connectivity index (χ3n) is 2.23. The fourth-order valence-corrected chi connectivity index (χ4v) is 1.28. The maximum absolute atomic E-state index is 13.5. The van der Waals surface area contributed by atoms with Crippen molar-refractivity contribution in [3.8, 4) is 5.75 Å². The van der Waals surface area contributed by atoms with E-state index in [1.165, 1.54) is 18.2 Å². The summed E-state index contributed by atoms with van der Waals surface area (Å²) in [7, 11) is 0. The molecule has 0 aliphatic carbocycles. The van der Waals surface area contributed by atoms with Gasteiger partial charge < -0.3 is 10.8 Å². The van der Waals surface area contributed by atoms with E-state index in [4.69, 9.17) is 10.8 Å². The quantitative estimate of drug-likeness (QED) is 0.791. The van der Waals surface area contributed by atoms with Crippen molar-refractivity contribution in [2.24, 2.45) is 5.73 Å². The maximum Gasteiger partial charge on any atom is 0.424 e. The van der Waals surface area contributed by atoms with Crippen LogP contribution in [0.15, 0.2) is 24.3 Å². The molecule has 1 unspecified atom stereocenters. The van der Waals surface area contributed by atoms with Crippen molar-refractivity contribution in [3.63, 3.8) is 0 Å². The monoisotopic (exact) mass is 237 g/mol. The average molecular weight is 237 g/mol. The van der Waals surface area contributed by atoms with Gasteiger partial charge in [0.05, 0.1) is 0 Å². The average Bonchev–Trinajstić information content (AvgIpc) is 2.15. The van der Waals surface area contributed by atoms with E-state index in [2.05, 4.69) is 0 Å². The van der Waals surface area contributed by atoms with Gasteiger partial charge in [0.15, 0.2) is 0 Å². The fourth-order valence-electron chi connectivity index (χ4n) is 1.28. The molecule has 0 fully saturated rings. The van der Waals surface area contributed by atoms with Gasteiger partial charge in [0.2, 0.25) is 5.67 Å². The summed E-state index contributed by atoms with van der Waals surface area (Å²) in [4.78, 5) is 0. The molecule has 0 aliphatic rings. The number of rotatable bonds is 3. The Morgan fingerprint density at radius 3 is 2.25 bits per heavy atom. The zero-order chi connectivity index (χ0) is 12.4. The van der Waals surface area contributed by atoms with Gasteiger partial charge in [0, 0.05) is 13.0 Å². The van der Waals surface area contributed by atoms with Crippen LogP contribution in [0.25, 0.3) is 0 Å². The molecule has 16 heavy (non-hydrogen) atoms. The number of aromatic hydroxyl groups is 1. The van der Waals surface area contributed by atoms with E-state index in [9.17, 15) is 17.6 Å². The molecule has 6 heteroatoms. The molecule has 2 nitrogen and oxygen atoms in total. The Bertz CT molecular complexity index is 366. The van der Waals surface area contributed by atoms with Gasteiger partial charge >= 0.3 is 6.18 Å². The predicted octanol–water partition coefficient (Wildman–Crippen LogP) is 2.16. The lowest BCUT2D eigenvalue weighted by atomic mass is 9.95. The number of phenolic OH excluding ortho intramolecular Hbond substituents is 1. The van der Waals surface area contributed by atoms with Gasteiger partial charge in [-0.2, -0.15) is 13.2 Å². The molecule has 0 aromatic heterocycles. The molecule has 1 aromatic carbocycles. The second-order valence-electron chi connectivity index (χ2n) is 3.51. The lowest BCUT2D eigenvalue weighted by Crippen LogP contribution is -2.49. The Morgan fingerprint density at radius 1 is 1.19 bits per heavy atom. The lowest BCUT2D eigenvalue weighted by Gasteiger charge is -2.26. The number of benzene rings is 1. The maximum atomic E-state index is 13.5. The van der Waals surface area contributed by atoms with Gasteiger partial charge in [-0.15, -0.1) is 0 Å². The minimum Gasteiger partial charge on any atom is -0.508 e. The first-order chi connectivity index (χ1) is 7.28. The number of nitrogens with two attached hydrogens (primary N) is 1. The van der Waals surface area contributed by atoms with Crippen molar-refractivity contribution in [1.82, 2.24) is 0 Å². The first-order valence-corrected chi connectivity index (χ1v) is 4.52. The minimum atomic E-state index is -5.02. The van der Waals surface area contributed by atoms with Gasteiger partial charge in [-0.1, -0.05) is 12.1 Å². The highest BCUT2D eigenvalue weighted by atomic mass is 19.4. The van der Waals surface area contributed by atoms with Crippen molar-refractivity contribution in [3.05, 3.63) is 29.8 Å². The molecule has 0 bridgehead atoms. The van der Waals surface area contributed by atoms with E-state index in [0.717, 1.165) is 6.07 Å². The van der Waals surface area contributed by atoms with Crippen molar-refractivity contribution < 1.29 is 22.7 Å². The van der Waals surface area contributed by atoms with E-state index >= 15 is 0 Å². The molecule has 1 aromatic rings. The molecule has 90 valence electrons. The Kier molecular flexibility index (Phi) is 3.42. The highest BCUT2D eigenvalue weighted by Crippen LogP contribution is 2.36. The summed E-state index contributed by atoms with van der Waals surface area (Å²) in [5, 5.41) is 9.05. The molecular formula is C10H11F4NO. The second-order valence-corrected chi connectivity index (χ2v) is 3.51. The first kappa shape index (κ1) is 12.8. The van der Waals surface area contributed by atoms with E-state index in [-0.39, 0.29) is 11.3 Å². The van der Waals surface area contributed by atoms with E-state index in [1.54, 1.807) is 0 Å². The summed E-state index contributed by atoms with van der Waals surface area (Å²) in [6, 6.07) is 5.02. The number of phenols is 1. The van der Waals surface area contributed by atoms with Gasteiger partial charge in [0.25, 0.3) is 0 Å². The van der Waals surface area contributed by atoms with Crippen LogP contribution in [0.1, 0.15) is 5.56 Å². The summed E-state index contributed by atoms with van der Waals surface area (Å²) >= 11 is 0. The molecule has 0 radical (unpaired) electrons. The second kappa shape index (κ2) is 4.29. The van der Waals surface area contributed by atoms with Crippen molar-refractivity contribution in [2.75, 3.05) is 6.54 Å². The predicted molar refractivity (Wildman–Crippen MR) is 50.8 cm³/mol. The Hall–Kier alpha value is -1.30. The van der Waals surface area contributed by atoms with Gasteiger partial charge in [-0.25, -0.2) is 4.39 Å². The summed E-state index contributed by atoms with van der Waals surface area (Å²) < 4.78 is 50.6. The molecule has 1 rings (SSSR count). The smallest absolute Gasteiger partial charge is 0.424 e. The molecule has 0 aliphatic heterocycles. The van der Waals surface area contributed by atoms with Crippen LogP contribution in [0, 0.1) is 0 Å². The molecule has 0 heterocycles. The van der Waals surface area contributed by atoms with Crippen LogP contribution >= 0.6 is 0 Å². The SMILES string of the molecule is NCC(F)(Cc1cccc(O)c1)C(F)(F)F. The molecular weight excluding hydrogens is 226 g/mol. The standard InChI is InChI=1S/C10H11F4NO/c11-9(6-15,10(12,13)14)5-7-2-1-3-8(16)4-7/h1-4,16H,5-6,15H2. The lowest BCUT2D eigenvalue weighted by molar-refractivity contribution is -0.226. The summed E-state index contributed by atoms with van der Waals surface area (Å²) in [6.45, 7) is -1.15. The van der Waals surface area contributed by atoms with Crippen LogP contribution in [0.3, 0.4) is 0 Å². The molecule has 0 amide bonds. The van der Waals surface area contributed by atoms with Crippen LogP contribution in [0.4, 0.5) is 17.6 Å². The normalized spacial score (nSPS) is 15.8. The third-order valence-corrected chi connectivity index (χ3v) is 2.23. The largest absolute Gasteiger partial charge is 0.508 e. The van der Waals surface area contributed by atoms with Gasteiger partial charge in [-0.05, 0) is 17.7 Å². The Labute approximate surface area is 89.7 Å². The van der Waals surface area contributed by atoms with E-state index < -0.39 is 24.8 Å². The van der Waals surface area contributed by atoms with Crippen molar-refractivity contribution >= 4 is 0 Å². The van der Waals surface area contributed by atoms with Crippen LogP contribution < -0.4 is 5.73 Å². The number of hydrogen-bond acceptors (Lipinski definition) is 2. The summed E-state index contributed by atoms with van der Waals surface area (Å²) in [6.07, 6.45) is -5.92. The Balaban J connectivity index is 2.94. The fraction of sp³-hybridized carbons (Fsp3) is 0.400. The van der Waals surface area contributed by atoms with Gasteiger partial charge in [-0.3, -0.25) is 0 Å². The van der Waals surface area contributed by atoms with Crippen LogP contribution in [-0.4, -0.2) is 23.5 Å². The highest BCUT2D eigenvalue weighted by molar-refractivity contribution is 5.28. The van der Waals surface area contributed by atoms with Gasteiger partial charge in [0.1, 0.15) is 5.75 Å². The van der Waals surface area contributed by atoms with E-state index in [0.29, 0.717) is 0 Å². The topological polar surface area (TPSA) is 46.2 Å². The van der Waals surface area contributed by atoms with Crippen LogP contribution in [0.5, 0.6) is 5.75 Å². The number of alkyl halides is 4. The molecule has 0 saturated carbocycles. The number of halogens is 4. The summed E-state index contributed by atoms with van der Waals surface area (Å²) in [5.41, 5.74) is 1.41. The summed E-state index contributed by atoms with van der Waals surface area (Å²) in [5.74, 6) is -0.209. The molecule has 3 N–H and O–H groups in total. The zero-order valence-electron chi connectivity index (χ0n) is 8.26. The minimum absolute atomic E-state index is 0.0466. The van der Waals surface area contributed by atoms with E-state index in [1.807, 2.05) is 0 Å².